The summed E-state index contributed by atoms with van der Waals surface area (Å²) in [5.41, 5.74) is 3.25. The van der Waals surface area contributed by atoms with Crippen molar-refractivity contribution in [2.24, 2.45) is 0 Å². The molecule has 0 heterocycles. The SMILES string of the molecule is CNC(=O)[C@H](C)N(Cc1ccc(C)cc1)C(=O)CN(c1ccc(C)cc1)S(=O)(=O)c1ccc(SC)cc1. The maximum absolute atomic E-state index is 13.8. The lowest BCUT2D eigenvalue weighted by Gasteiger charge is -2.31. The molecule has 0 fully saturated rings. The number of nitrogens with one attached hydrogen (secondary N) is 1. The minimum Gasteiger partial charge on any atom is -0.357 e. The van der Waals surface area contributed by atoms with Crippen molar-refractivity contribution in [3.63, 3.8) is 0 Å². The first-order valence-corrected chi connectivity index (χ1v) is 14.5. The van der Waals surface area contributed by atoms with Crippen molar-refractivity contribution in [1.82, 2.24) is 10.2 Å². The third-order valence-electron chi connectivity index (χ3n) is 6.14. The molecule has 0 spiro atoms. The van der Waals surface area contributed by atoms with Gasteiger partial charge in [0.1, 0.15) is 12.6 Å². The average molecular weight is 540 g/mol. The lowest BCUT2D eigenvalue weighted by molar-refractivity contribution is -0.139. The second-order valence-electron chi connectivity index (χ2n) is 8.82. The third-order valence-corrected chi connectivity index (χ3v) is 8.67. The Morgan fingerprint density at radius 2 is 1.43 bits per heavy atom. The Kier molecular flexibility index (Phi) is 9.39. The molecule has 0 radical (unpaired) electrons. The van der Waals surface area contributed by atoms with E-state index in [1.165, 1.54) is 23.7 Å². The first-order valence-electron chi connectivity index (χ1n) is 11.9. The molecule has 7 nitrogen and oxygen atoms in total. The molecule has 0 aliphatic rings. The molecule has 1 atom stereocenters. The maximum atomic E-state index is 13.8. The summed E-state index contributed by atoms with van der Waals surface area (Å²) in [6.07, 6.45) is 1.91. The van der Waals surface area contributed by atoms with Crippen molar-refractivity contribution in [3.05, 3.63) is 89.5 Å². The van der Waals surface area contributed by atoms with E-state index >= 15 is 0 Å². The molecule has 37 heavy (non-hydrogen) atoms. The molecule has 0 saturated heterocycles. The monoisotopic (exact) mass is 539 g/mol. The Morgan fingerprint density at radius 3 is 1.95 bits per heavy atom. The van der Waals surface area contributed by atoms with E-state index in [0.717, 1.165) is 25.9 Å². The maximum Gasteiger partial charge on any atom is 0.264 e. The van der Waals surface area contributed by atoms with Gasteiger partial charge >= 0.3 is 0 Å². The van der Waals surface area contributed by atoms with E-state index in [0.29, 0.717) is 5.69 Å². The van der Waals surface area contributed by atoms with Gasteiger partial charge in [-0.3, -0.25) is 13.9 Å². The summed E-state index contributed by atoms with van der Waals surface area (Å²) in [6.45, 7) is 5.22. The molecule has 3 rings (SSSR count). The zero-order valence-corrected chi connectivity index (χ0v) is 23.4. The van der Waals surface area contributed by atoms with Crippen LogP contribution in [-0.2, 0) is 26.2 Å². The number of carbonyl (C=O) groups excluding carboxylic acids is 2. The fraction of sp³-hybridized carbons (Fsp3) is 0.286. The van der Waals surface area contributed by atoms with Crippen molar-refractivity contribution < 1.29 is 18.0 Å². The molecule has 0 saturated carbocycles. The summed E-state index contributed by atoms with van der Waals surface area (Å²) in [5.74, 6) is -0.820. The van der Waals surface area contributed by atoms with Gasteiger partial charge in [0, 0.05) is 18.5 Å². The van der Waals surface area contributed by atoms with Gasteiger partial charge < -0.3 is 10.2 Å². The lowest BCUT2D eigenvalue weighted by atomic mass is 10.1. The highest BCUT2D eigenvalue weighted by atomic mass is 32.2. The molecular formula is C28H33N3O4S2. The Morgan fingerprint density at radius 1 is 0.892 bits per heavy atom. The van der Waals surface area contributed by atoms with Gasteiger partial charge in [-0.25, -0.2) is 8.42 Å². The fourth-order valence-corrected chi connectivity index (χ4v) is 5.62. The predicted octanol–water partition coefficient (Wildman–Crippen LogP) is 4.38. The quantitative estimate of drug-likeness (QED) is 0.387. The number of likely N-dealkylation sites (N-methyl/N-ethyl adjacent to an activating group) is 1. The highest BCUT2D eigenvalue weighted by Crippen LogP contribution is 2.26. The van der Waals surface area contributed by atoms with E-state index in [-0.39, 0.29) is 17.3 Å². The van der Waals surface area contributed by atoms with Crippen LogP contribution >= 0.6 is 11.8 Å². The Balaban J connectivity index is 2.01. The molecule has 3 aromatic carbocycles. The zero-order valence-electron chi connectivity index (χ0n) is 21.8. The molecule has 2 amide bonds. The average Bonchev–Trinajstić information content (AvgIpc) is 2.91. The van der Waals surface area contributed by atoms with E-state index in [9.17, 15) is 18.0 Å². The normalized spacial score (nSPS) is 12.0. The van der Waals surface area contributed by atoms with E-state index < -0.39 is 28.5 Å². The molecule has 0 bridgehead atoms. The second-order valence-corrected chi connectivity index (χ2v) is 11.6. The van der Waals surface area contributed by atoms with Gasteiger partial charge in [-0.2, -0.15) is 0 Å². The molecule has 1 N–H and O–H groups in total. The number of rotatable bonds is 10. The van der Waals surface area contributed by atoms with E-state index in [4.69, 9.17) is 0 Å². The summed E-state index contributed by atoms with van der Waals surface area (Å²) in [5, 5.41) is 2.59. The third kappa shape index (κ3) is 6.93. The lowest BCUT2D eigenvalue weighted by Crippen LogP contribution is -2.50. The van der Waals surface area contributed by atoms with Gasteiger partial charge in [-0.1, -0.05) is 47.5 Å². The minimum absolute atomic E-state index is 0.0862. The first-order chi connectivity index (χ1) is 17.6. The van der Waals surface area contributed by atoms with Crippen molar-refractivity contribution in [1.29, 1.82) is 0 Å². The van der Waals surface area contributed by atoms with Gasteiger partial charge in [0.2, 0.25) is 11.8 Å². The van der Waals surface area contributed by atoms with Crippen LogP contribution in [0.3, 0.4) is 0 Å². The van der Waals surface area contributed by atoms with Crippen LogP contribution in [-0.4, -0.2) is 51.0 Å². The molecule has 3 aromatic rings. The summed E-state index contributed by atoms with van der Waals surface area (Å²) in [7, 11) is -2.57. The Hall–Kier alpha value is -3.30. The van der Waals surface area contributed by atoms with Crippen LogP contribution in [0, 0.1) is 13.8 Å². The Bertz CT molecular complexity index is 1320. The van der Waals surface area contributed by atoms with Crippen LogP contribution < -0.4 is 9.62 Å². The molecule has 0 aliphatic heterocycles. The molecule has 9 heteroatoms. The van der Waals surface area contributed by atoms with Crippen molar-refractivity contribution in [2.75, 3.05) is 24.2 Å². The predicted molar refractivity (Wildman–Crippen MR) is 149 cm³/mol. The number of anilines is 1. The largest absolute Gasteiger partial charge is 0.357 e. The van der Waals surface area contributed by atoms with E-state index in [2.05, 4.69) is 5.32 Å². The smallest absolute Gasteiger partial charge is 0.264 e. The van der Waals surface area contributed by atoms with Gasteiger partial charge in [0.15, 0.2) is 0 Å². The van der Waals surface area contributed by atoms with Crippen LogP contribution in [0.5, 0.6) is 0 Å². The fourth-order valence-electron chi connectivity index (χ4n) is 3.80. The number of hydrogen-bond acceptors (Lipinski definition) is 5. The summed E-state index contributed by atoms with van der Waals surface area (Å²) < 4.78 is 28.7. The number of carbonyl (C=O) groups is 2. The summed E-state index contributed by atoms with van der Waals surface area (Å²) in [4.78, 5) is 28.7. The zero-order chi connectivity index (χ0) is 27.2. The number of benzene rings is 3. The van der Waals surface area contributed by atoms with E-state index in [1.54, 1.807) is 55.5 Å². The number of nitrogens with zero attached hydrogens (tertiary/aromatic N) is 2. The first kappa shape index (κ1) is 28.3. The van der Waals surface area contributed by atoms with Crippen molar-refractivity contribution in [3.8, 4) is 0 Å². The summed E-state index contributed by atoms with van der Waals surface area (Å²) >= 11 is 1.51. The number of amides is 2. The van der Waals surface area contributed by atoms with Crippen LogP contribution in [0.4, 0.5) is 5.69 Å². The molecule has 0 unspecified atom stereocenters. The summed E-state index contributed by atoms with van der Waals surface area (Å²) in [6, 6.07) is 20.4. The number of thioether (sulfide) groups is 1. The molecular weight excluding hydrogens is 506 g/mol. The molecule has 196 valence electrons. The van der Waals surface area contributed by atoms with Crippen molar-refractivity contribution in [2.45, 2.75) is 43.1 Å². The van der Waals surface area contributed by atoms with Crippen LogP contribution in [0.2, 0.25) is 0 Å². The van der Waals surface area contributed by atoms with E-state index in [1.807, 2.05) is 44.4 Å². The Labute approximate surface area is 223 Å². The van der Waals surface area contributed by atoms with Crippen LogP contribution in [0.25, 0.3) is 0 Å². The van der Waals surface area contributed by atoms with Gasteiger partial charge in [-0.05, 0) is 69.0 Å². The van der Waals surface area contributed by atoms with Crippen LogP contribution in [0.15, 0.2) is 82.6 Å². The number of sulfonamides is 1. The van der Waals surface area contributed by atoms with Gasteiger partial charge in [-0.15, -0.1) is 11.8 Å². The van der Waals surface area contributed by atoms with Crippen LogP contribution in [0.1, 0.15) is 23.6 Å². The standard InChI is InChI=1S/C28H33N3O4S2/c1-20-6-10-23(11-7-20)18-30(22(3)28(33)29-4)27(32)19-31(24-12-8-21(2)9-13-24)37(34,35)26-16-14-25(36-5)15-17-26/h6-17,22H,18-19H2,1-5H3,(H,29,33)/t22-/m0/s1. The highest BCUT2D eigenvalue weighted by molar-refractivity contribution is 7.98. The highest BCUT2D eigenvalue weighted by Gasteiger charge is 2.32. The second kappa shape index (κ2) is 12.3. The minimum atomic E-state index is -4.07. The topological polar surface area (TPSA) is 86.8 Å². The number of aryl methyl sites for hydroxylation is 2. The molecule has 0 aliphatic carbocycles. The van der Waals surface area contributed by atoms with Crippen molar-refractivity contribution >= 4 is 39.3 Å². The number of hydrogen-bond donors (Lipinski definition) is 1. The van der Waals surface area contributed by atoms with Gasteiger partial charge in [0.25, 0.3) is 10.0 Å². The molecule has 0 aromatic heterocycles. The van der Waals surface area contributed by atoms with Gasteiger partial charge in [0.05, 0.1) is 10.6 Å².